The number of carboxylic acid groups (broad SMARTS) is 1. The summed E-state index contributed by atoms with van der Waals surface area (Å²) in [5.41, 5.74) is 12.2. The van der Waals surface area contributed by atoms with Gasteiger partial charge in [-0.2, -0.15) is 5.10 Å². The number of nitrogens with two attached hydrogens (primary N) is 2. The van der Waals surface area contributed by atoms with Crippen molar-refractivity contribution < 1.29 is 9.90 Å². The van der Waals surface area contributed by atoms with Crippen LogP contribution >= 0.6 is 0 Å². The van der Waals surface area contributed by atoms with Gasteiger partial charge in [0.2, 0.25) is 0 Å². The van der Waals surface area contributed by atoms with Crippen LogP contribution in [0.1, 0.15) is 10.4 Å². The number of carbonyl (C=O) groups is 1. The van der Waals surface area contributed by atoms with E-state index in [1.807, 2.05) is 0 Å². The summed E-state index contributed by atoms with van der Waals surface area (Å²) in [6.07, 6.45) is 0.944. The van der Waals surface area contributed by atoms with Gasteiger partial charge in [-0.1, -0.05) is 0 Å². The molecule has 1 aromatic carbocycles. The molecule has 0 saturated heterocycles. The van der Waals surface area contributed by atoms with Crippen molar-refractivity contribution in [1.82, 2.24) is 0 Å². The Balaban J connectivity index is 0.000000336. The quantitative estimate of drug-likeness (QED) is 0.143. The fourth-order valence-electron chi connectivity index (χ4n) is 0.659. The van der Waals surface area contributed by atoms with E-state index in [-0.39, 0.29) is 5.56 Å². The zero-order chi connectivity index (χ0) is 11.7. The average molecular weight is 209 g/mol. The molecule has 0 amide bonds. The Labute approximate surface area is 85.9 Å². The molecule has 1 aromatic rings. The molecule has 0 radical (unpaired) electrons. The fraction of sp³-hybridized carbons (Fsp3) is 0. The highest BCUT2D eigenvalue weighted by Gasteiger charge is 1.98. The smallest absolute Gasteiger partial charge is 0.335 e. The van der Waals surface area contributed by atoms with E-state index in [4.69, 9.17) is 16.4 Å². The molecule has 15 heavy (non-hydrogen) atoms. The molecular weight excluding hydrogens is 198 g/mol. The minimum atomic E-state index is -0.931. The van der Waals surface area contributed by atoms with Gasteiger partial charge in [0, 0.05) is 5.69 Å². The number of nitrogen functional groups attached to an aromatic ring is 1. The van der Waals surface area contributed by atoms with E-state index in [0.29, 0.717) is 5.69 Å². The van der Waals surface area contributed by atoms with E-state index in [1.165, 1.54) is 12.1 Å². The zero-order valence-electron chi connectivity index (χ0n) is 7.79. The number of hydrogen-bond donors (Lipinski definition) is 4. The van der Waals surface area contributed by atoms with Crippen LogP contribution in [-0.2, 0) is 0 Å². The van der Waals surface area contributed by atoms with Crippen molar-refractivity contribution >= 4 is 18.0 Å². The molecule has 0 aliphatic heterocycles. The van der Waals surface area contributed by atoms with E-state index in [1.54, 1.807) is 12.1 Å². The topological polar surface area (TPSA) is 138 Å². The van der Waals surface area contributed by atoms with E-state index < -0.39 is 5.97 Å². The molecule has 6 N–H and O–H groups in total. The lowest BCUT2D eigenvalue weighted by molar-refractivity contribution is 0.0697. The van der Waals surface area contributed by atoms with Crippen molar-refractivity contribution in [1.29, 1.82) is 5.53 Å². The number of aromatic carboxylic acids is 1. The summed E-state index contributed by atoms with van der Waals surface area (Å²) in [6.45, 7) is 0. The fourth-order valence-corrected chi connectivity index (χ4v) is 0.659. The lowest BCUT2D eigenvalue weighted by atomic mass is 10.2. The molecule has 0 fully saturated rings. The molecule has 0 aromatic heterocycles. The van der Waals surface area contributed by atoms with Gasteiger partial charge in [-0.15, -0.1) is 5.11 Å². The highest BCUT2D eigenvalue weighted by Crippen LogP contribution is 2.04. The third kappa shape index (κ3) is 5.75. The Morgan fingerprint density at radius 2 is 1.93 bits per heavy atom. The van der Waals surface area contributed by atoms with Crippen LogP contribution in [0.4, 0.5) is 5.69 Å². The average Bonchev–Trinajstić information content (AvgIpc) is 2.20. The van der Waals surface area contributed by atoms with E-state index in [2.05, 4.69) is 16.1 Å². The van der Waals surface area contributed by atoms with Crippen molar-refractivity contribution in [2.75, 3.05) is 5.73 Å². The number of hydrogen-bond acceptors (Lipinski definition) is 5. The number of rotatable bonds is 2. The molecule has 0 bridgehead atoms. The molecule has 0 spiro atoms. The summed E-state index contributed by atoms with van der Waals surface area (Å²) in [5.74, 6) is 3.56. The van der Waals surface area contributed by atoms with Gasteiger partial charge < -0.3 is 16.7 Å². The van der Waals surface area contributed by atoms with Crippen LogP contribution < -0.4 is 11.6 Å². The maximum atomic E-state index is 10.3. The SMILES string of the molecule is N=NC=NN.Nc1ccc(C(=O)O)cc1. The van der Waals surface area contributed by atoms with Gasteiger partial charge in [-0.25, -0.2) is 10.3 Å². The van der Waals surface area contributed by atoms with Crippen LogP contribution in [0.2, 0.25) is 0 Å². The van der Waals surface area contributed by atoms with E-state index >= 15 is 0 Å². The molecule has 80 valence electrons. The number of carboxylic acids is 1. The van der Waals surface area contributed by atoms with Gasteiger partial charge in [0.1, 0.15) is 0 Å². The Kier molecular flexibility index (Phi) is 5.87. The lowest BCUT2D eigenvalue weighted by Crippen LogP contribution is -1.95. The maximum absolute atomic E-state index is 10.3. The second-order valence-electron chi connectivity index (χ2n) is 2.32. The third-order valence-electron chi connectivity index (χ3n) is 1.28. The molecule has 0 aliphatic rings. The molecule has 0 aliphatic carbocycles. The van der Waals surface area contributed by atoms with Crippen molar-refractivity contribution in [3.8, 4) is 0 Å². The Bertz CT molecular complexity index is 347. The molecule has 7 heteroatoms. The molecule has 0 heterocycles. The predicted molar refractivity (Wildman–Crippen MR) is 55.6 cm³/mol. The minimum absolute atomic E-state index is 0.259. The first-order chi connectivity index (χ1) is 7.11. The first-order valence-corrected chi connectivity index (χ1v) is 3.79. The number of nitrogens with one attached hydrogen (secondary N) is 1. The summed E-state index contributed by atoms with van der Waals surface area (Å²) >= 11 is 0. The second kappa shape index (κ2) is 7.01. The van der Waals surface area contributed by atoms with Gasteiger partial charge in [-0.3, -0.25) is 0 Å². The predicted octanol–water partition coefficient (Wildman–Crippen LogP) is 0.886. The number of hydrazone groups is 1. The number of anilines is 1. The van der Waals surface area contributed by atoms with Crippen molar-refractivity contribution in [2.24, 2.45) is 16.1 Å². The minimum Gasteiger partial charge on any atom is -0.478 e. The van der Waals surface area contributed by atoms with Crippen molar-refractivity contribution in [2.45, 2.75) is 0 Å². The summed E-state index contributed by atoms with van der Waals surface area (Å²) in [4.78, 5) is 10.3. The second-order valence-corrected chi connectivity index (χ2v) is 2.32. The molecule has 7 nitrogen and oxygen atoms in total. The summed E-state index contributed by atoms with van der Waals surface area (Å²) in [5, 5.41) is 14.0. The monoisotopic (exact) mass is 209 g/mol. The van der Waals surface area contributed by atoms with Crippen molar-refractivity contribution in [3.05, 3.63) is 29.8 Å². The molecular formula is C8H11N5O2. The Morgan fingerprint density at radius 1 is 1.40 bits per heavy atom. The van der Waals surface area contributed by atoms with E-state index in [0.717, 1.165) is 6.34 Å². The Morgan fingerprint density at radius 3 is 2.20 bits per heavy atom. The van der Waals surface area contributed by atoms with Gasteiger partial charge in [0.05, 0.1) is 5.56 Å². The highest BCUT2D eigenvalue weighted by atomic mass is 16.4. The normalized spacial score (nSPS) is 9.07. The van der Waals surface area contributed by atoms with Gasteiger partial charge in [0.25, 0.3) is 0 Å². The van der Waals surface area contributed by atoms with Crippen LogP contribution in [-0.4, -0.2) is 17.4 Å². The van der Waals surface area contributed by atoms with Gasteiger partial charge >= 0.3 is 5.97 Å². The van der Waals surface area contributed by atoms with Crippen LogP contribution in [0, 0.1) is 5.53 Å². The Hall–Kier alpha value is -2.44. The van der Waals surface area contributed by atoms with Crippen LogP contribution in [0.3, 0.4) is 0 Å². The summed E-state index contributed by atoms with van der Waals surface area (Å²) in [6, 6.07) is 6.06. The standard InChI is InChI=1S/C7H7NO2.CH4N4/c8-6-3-1-5(2-4-6)7(9)10;2-4-1-5-3/h1-4H,8H2,(H,9,10);1-2H,3H2. The largest absolute Gasteiger partial charge is 0.478 e. The van der Waals surface area contributed by atoms with Crippen LogP contribution in [0.25, 0.3) is 0 Å². The van der Waals surface area contributed by atoms with Gasteiger partial charge in [0.15, 0.2) is 6.34 Å². The summed E-state index contributed by atoms with van der Waals surface area (Å²) < 4.78 is 0. The number of benzene rings is 1. The van der Waals surface area contributed by atoms with Gasteiger partial charge in [-0.05, 0) is 24.3 Å². The number of nitrogens with zero attached hydrogens (tertiary/aromatic N) is 2. The maximum Gasteiger partial charge on any atom is 0.335 e. The van der Waals surface area contributed by atoms with Crippen LogP contribution in [0.15, 0.2) is 34.5 Å². The van der Waals surface area contributed by atoms with Crippen molar-refractivity contribution in [3.63, 3.8) is 0 Å². The third-order valence-corrected chi connectivity index (χ3v) is 1.28. The first-order valence-electron chi connectivity index (χ1n) is 3.79. The molecule has 1 rings (SSSR count). The molecule has 0 unspecified atom stereocenters. The summed E-state index contributed by atoms with van der Waals surface area (Å²) in [7, 11) is 0. The van der Waals surface area contributed by atoms with E-state index in [9.17, 15) is 4.79 Å². The lowest BCUT2D eigenvalue weighted by Gasteiger charge is -1.93. The first kappa shape index (κ1) is 12.6. The molecule has 0 saturated carbocycles. The van der Waals surface area contributed by atoms with Crippen LogP contribution in [0.5, 0.6) is 0 Å². The molecule has 0 atom stereocenters. The highest BCUT2D eigenvalue weighted by molar-refractivity contribution is 5.87. The zero-order valence-corrected chi connectivity index (χ0v) is 7.79.